The monoisotopic (exact) mass is 204 g/mol. The van der Waals surface area contributed by atoms with Crippen LogP contribution in [0, 0.1) is 0 Å². The number of carboxylic acid groups (broad SMARTS) is 1. The molecule has 4 atom stereocenters. The highest BCUT2D eigenvalue weighted by Crippen LogP contribution is 2.40. The minimum atomic E-state index is -1.26. The molecule has 2 saturated heterocycles. The topological polar surface area (TPSA) is 96.2 Å². The van der Waals surface area contributed by atoms with E-state index in [0.717, 1.165) is 0 Å². The van der Waals surface area contributed by atoms with E-state index in [1.54, 1.807) is 0 Å². The summed E-state index contributed by atoms with van der Waals surface area (Å²) in [5, 5.41) is 27.7. The smallest absolute Gasteiger partial charge is 0.306 e. The summed E-state index contributed by atoms with van der Waals surface area (Å²) in [6, 6.07) is 0. The molecule has 0 aromatic carbocycles. The maximum absolute atomic E-state index is 10.6. The van der Waals surface area contributed by atoms with Gasteiger partial charge in [0.15, 0.2) is 0 Å². The Kier molecular flexibility index (Phi) is 2.23. The van der Waals surface area contributed by atoms with Crippen LogP contribution >= 0.6 is 0 Å². The number of carbonyl (C=O) groups is 1. The van der Waals surface area contributed by atoms with Gasteiger partial charge in [0.25, 0.3) is 0 Å². The standard InChI is InChI=1S/C8H12O6/c9-4-2-14-8(1-6(11)12)5(10)3-13-7(4)8/h4-5,7,9-10H,1-3H2,(H,11,12)/t4-,5+,7-,8+/m1/s1. The summed E-state index contributed by atoms with van der Waals surface area (Å²) in [6.45, 7) is 0.0179. The molecule has 0 bridgehead atoms. The third-order valence-electron chi connectivity index (χ3n) is 2.78. The van der Waals surface area contributed by atoms with Gasteiger partial charge in [-0.15, -0.1) is 0 Å². The summed E-state index contributed by atoms with van der Waals surface area (Å²) >= 11 is 0. The van der Waals surface area contributed by atoms with E-state index in [9.17, 15) is 15.0 Å². The van der Waals surface area contributed by atoms with Crippen molar-refractivity contribution >= 4 is 5.97 Å². The molecule has 3 N–H and O–H groups in total. The van der Waals surface area contributed by atoms with Crippen molar-refractivity contribution in [2.75, 3.05) is 13.2 Å². The third kappa shape index (κ3) is 1.23. The predicted octanol–water partition coefficient (Wildman–Crippen LogP) is -1.65. The number of aliphatic carboxylic acids is 1. The zero-order chi connectivity index (χ0) is 10.3. The second kappa shape index (κ2) is 3.16. The largest absolute Gasteiger partial charge is 0.481 e. The summed E-state index contributed by atoms with van der Waals surface area (Å²) in [6.07, 6.45) is -2.92. The van der Waals surface area contributed by atoms with Crippen molar-refractivity contribution in [3.8, 4) is 0 Å². The van der Waals surface area contributed by atoms with Gasteiger partial charge in [0, 0.05) is 0 Å². The van der Waals surface area contributed by atoms with Gasteiger partial charge in [-0.1, -0.05) is 0 Å². The van der Waals surface area contributed by atoms with Crippen LogP contribution in [0.25, 0.3) is 0 Å². The van der Waals surface area contributed by atoms with Crippen LogP contribution in [0.15, 0.2) is 0 Å². The van der Waals surface area contributed by atoms with Gasteiger partial charge >= 0.3 is 5.97 Å². The molecular formula is C8H12O6. The van der Waals surface area contributed by atoms with E-state index in [2.05, 4.69) is 0 Å². The fourth-order valence-corrected chi connectivity index (χ4v) is 2.12. The van der Waals surface area contributed by atoms with Gasteiger partial charge in [-0.3, -0.25) is 4.79 Å². The van der Waals surface area contributed by atoms with Crippen molar-refractivity contribution in [3.63, 3.8) is 0 Å². The number of hydrogen-bond acceptors (Lipinski definition) is 5. The molecule has 2 rings (SSSR count). The van der Waals surface area contributed by atoms with Gasteiger partial charge in [0.05, 0.1) is 19.6 Å². The molecule has 0 aromatic heterocycles. The Labute approximate surface area is 80.1 Å². The molecule has 80 valence electrons. The van der Waals surface area contributed by atoms with E-state index in [4.69, 9.17) is 14.6 Å². The van der Waals surface area contributed by atoms with E-state index >= 15 is 0 Å². The van der Waals surface area contributed by atoms with Gasteiger partial charge in [0.2, 0.25) is 0 Å². The molecule has 2 fully saturated rings. The summed E-state index contributed by atoms with van der Waals surface area (Å²) in [7, 11) is 0. The number of fused-ring (bicyclic) bond motifs is 1. The first-order valence-corrected chi connectivity index (χ1v) is 4.40. The first kappa shape index (κ1) is 9.85. The number of carboxylic acids is 1. The summed E-state index contributed by atoms with van der Waals surface area (Å²) in [4.78, 5) is 10.6. The molecule has 0 unspecified atom stereocenters. The molecule has 0 spiro atoms. The fraction of sp³-hybridized carbons (Fsp3) is 0.875. The number of aliphatic hydroxyl groups is 2. The maximum atomic E-state index is 10.6. The van der Waals surface area contributed by atoms with E-state index in [-0.39, 0.29) is 19.6 Å². The highest BCUT2D eigenvalue weighted by atomic mass is 16.6. The number of rotatable bonds is 2. The fourth-order valence-electron chi connectivity index (χ4n) is 2.12. The van der Waals surface area contributed by atoms with Gasteiger partial charge < -0.3 is 24.8 Å². The zero-order valence-electron chi connectivity index (χ0n) is 7.42. The van der Waals surface area contributed by atoms with Crippen molar-refractivity contribution in [2.45, 2.75) is 30.3 Å². The molecule has 6 heteroatoms. The average Bonchev–Trinajstić information content (AvgIpc) is 2.55. The third-order valence-corrected chi connectivity index (χ3v) is 2.78. The first-order chi connectivity index (χ1) is 6.56. The van der Waals surface area contributed by atoms with Crippen molar-refractivity contribution in [1.29, 1.82) is 0 Å². The highest BCUT2D eigenvalue weighted by Gasteiger charge is 2.60. The molecular weight excluding hydrogens is 192 g/mol. The molecule has 0 aliphatic carbocycles. The highest BCUT2D eigenvalue weighted by molar-refractivity contribution is 5.68. The van der Waals surface area contributed by atoms with Crippen LogP contribution in [0.5, 0.6) is 0 Å². The molecule has 2 aliphatic rings. The lowest BCUT2D eigenvalue weighted by Gasteiger charge is -2.27. The van der Waals surface area contributed by atoms with Crippen molar-refractivity contribution in [2.24, 2.45) is 0 Å². The van der Waals surface area contributed by atoms with Crippen LogP contribution in [0.3, 0.4) is 0 Å². The average molecular weight is 204 g/mol. The maximum Gasteiger partial charge on any atom is 0.306 e. The van der Waals surface area contributed by atoms with Crippen LogP contribution < -0.4 is 0 Å². The van der Waals surface area contributed by atoms with E-state index in [1.807, 2.05) is 0 Å². The minimum absolute atomic E-state index is 0.00894. The number of ether oxygens (including phenoxy) is 2. The van der Waals surface area contributed by atoms with Gasteiger partial charge in [0.1, 0.15) is 23.9 Å². The van der Waals surface area contributed by atoms with E-state index < -0.39 is 29.9 Å². The lowest BCUT2D eigenvalue weighted by atomic mass is 9.89. The van der Waals surface area contributed by atoms with Crippen molar-refractivity contribution < 1.29 is 29.6 Å². The van der Waals surface area contributed by atoms with Gasteiger partial charge in [-0.05, 0) is 0 Å². The molecule has 0 aromatic rings. The quantitative estimate of drug-likeness (QED) is 0.498. The summed E-state index contributed by atoms with van der Waals surface area (Å²) in [5.74, 6) is -1.08. The lowest BCUT2D eigenvalue weighted by molar-refractivity contribution is -0.149. The molecule has 14 heavy (non-hydrogen) atoms. The van der Waals surface area contributed by atoms with Crippen molar-refractivity contribution in [1.82, 2.24) is 0 Å². The molecule has 2 aliphatic heterocycles. The Hall–Kier alpha value is -0.690. The van der Waals surface area contributed by atoms with Gasteiger partial charge in [-0.2, -0.15) is 0 Å². The second-order valence-electron chi connectivity index (χ2n) is 3.67. The molecule has 0 amide bonds. The predicted molar refractivity (Wildman–Crippen MR) is 42.7 cm³/mol. The van der Waals surface area contributed by atoms with Crippen molar-refractivity contribution in [3.05, 3.63) is 0 Å². The summed E-state index contributed by atoms with van der Waals surface area (Å²) in [5.41, 5.74) is -1.26. The Bertz CT molecular complexity index is 254. The summed E-state index contributed by atoms with van der Waals surface area (Å²) < 4.78 is 10.3. The van der Waals surface area contributed by atoms with E-state index in [0.29, 0.717) is 0 Å². The van der Waals surface area contributed by atoms with Crippen LogP contribution in [0.1, 0.15) is 6.42 Å². The normalized spacial score (nSPS) is 46.6. The Morgan fingerprint density at radius 2 is 2.14 bits per heavy atom. The molecule has 6 nitrogen and oxygen atoms in total. The van der Waals surface area contributed by atoms with Crippen LogP contribution in [0.4, 0.5) is 0 Å². The minimum Gasteiger partial charge on any atom is -0.481 e. The Balaban J connectivity index is 2.23. The molecule has 0 saturated carbocycles. The lowest BCUT2D eigenvalue weighted by Crippen LogP contribution is -2.48. The number of aliphatic hydroxyl groups excluding tert-OH is 2. The SMILES string of the molecule is O=C(O)C[C@@]12OC[C@@H](O)[C@H]1OC[C@@H]2O. The molecule has 2 heterocycles. The second-order valence-corrected chi connectivity index (χ2v) is 3.67. The van der Waals surface area contributed by atoms with Crippen LogP contribution in [-0.2, 0) is 14.3 Å². The zero-order valence-corrected chi connectivity index (χ0v) is 7.42. The van der Waals surface area contributed by atoms with Crippen LogP contribution in [-0.4, -0.2) is 58.4 Å². The van der Waals surface area contributed by atoms with E-state index in [1.165, 1.54) is 0 Å². The Morgan fingerprint density at radius 1 is 1.43 bits per heavy atom. The van der Waals surface area contributed by atoms with Gasteiger partial charge in [-0.25, -0.2) is 0 Å². The first-order valence-electron chi connectivity index (χ1n) is 4.40. The van der Waals surface area contributed by atoms with Crippen LogP contribution in [0.2, 0.25) is 0 Å². The number of hydrogen-bond donors (Lipinski definition) is 3. The Morgan fingerprint density at radius 3 is 2.79 bits per heavy atom. The molecule has 0 radical (unpaired) electrons.